The number of imidazole rings is 1. The molecule has 0 spiro atoms. The predicted molar refractivity (Wildman–Crippen MR) is 172 cm³/mol. The molecule has 6 rings (SSSR count). The van der Waals surface area contributed by atoms with Crippen LogP contribution in [0.15, 0.2) is 55.2 Å². The second-order valence-corrected chi connectivity index (χ2v) is 13.4. The Morgan fingerprint density at radius 3 is 2.33 bits per heavy atom. The van der Waals surface area contributed by atoms with Crippen molar-refractivity contribution in [2.24, 2.45) is 7.05 Å². The third-order valence-electron chi connectivity index (χ3n) is 9.21. The summed E-state index contributed by atoms with van der Waals surface area (Å²) in [4.78, 5) is 39.0. The number of piperazine rings is 1. The standard InChI is InChI=1S/C34H41ClN6O4/c1-23(40-14-16-41(17-15-40)32(43)45-34(3)11-12-34)26-8-7-25(35)19-27(26)28(18-24-6-5-13-36-20-24)30(29-21-37-22-39(29)4)38-31(42)44-33(2)9-10-33/h5-8,13,18-23,30H,9-12,14-17H2,1-4H3,(H,38,42)/b28-18+/t23-,30-/m1/s1. The van der Waals surface area contributed by atoms with Crippen LogP contribution in [-0.2, 0) is 16.5 Å². The van der Waals surface area contributed by atoms with Crippen molar-refractivity contribution in [3.8, 4) is 0 Å². The molecule has 2 aliphatic carbocycles. The number of hydrogen-bond acceptors (Lipinski definition) is 7. The van der Waals surface area contributed by atoms with E-state index in [4.69, 9.17) is 21.1 Å². The number of benzene rings is 1. The van der Waals surface area contributed by atoms with Gasteiger partial charge in [-0.2, -0.15) is 0 Å². The van der Waals surface area contributed by atoms with E-state index >= 15 is 0 Å². The van der Waals surface area contributed by atoms with E-state index < -0.39 is 17.7 Å². The Hall–Kier alpha value is -3.89. The largest absolute Gasteiger partial charge is 0.443 e. The maximum absolute atomic E-state index is 13.3. The lowest BCUT2D eigenvalue weighted by Crippen LogP contribution is -2.50. The monoisotopic (exact) mass is 632 g/mol. The number of nitrogens with zero attached hydrogens (tertiary/aromatic N) is 5. The number of carbonyl (C=O) groups excluding carboxylic acids is 2. The first-order chi connectivity index (χ1) is 21.5. The molecule has 0 radical (unpaired) electrons. The van der Waals surface area contributed by atoms with Crippen molar-refractivity contribution in [3.63, 3.8) is 0 Å². The zero-order chi connectivity index (χ0) is 31.8. The number of hydrogen-bond donors (Lipinski definition) is 1. The highest BCUT2D eigenvalue weighted by atomic mass is 35.5. The summed E-state index contributed by atoms with van der Waals surface area (Å²) in [7, 11) is 1.90. The molecule has 3 heterocycles. The molecule has 3 aliphatic rings. The molecule has 1 saturated heterocycles. The number of rotatable bonds is 9. The Morgan fingerprint density at radius 2 is 1.71 bits per heavy atom. The van der Waals surface area contributed by atoms with Gasteiger partial charge >= 0.3 is 12.2 Å². The van der Waals surface area contributed by atoms with Crippen LogP contribution < -0.4 is 5.32 Å². The van der Waals surface area contributed by atoms with Crippen LogP contribution in [0.5, 0.6) is 0 Å². The zero-order valence-electron chi connectivity index (χ0n) is 26.3. The van der Waals surface area contributed by atoms with Crippen molar-refractivity contribution >= 4 is 35.4 Å². The second-order valence-electron chi connectivity index (χ2n) is 13.0. The molecule has 3 fully saturated rings. The minimum absolute atomic E-state index is 0.0156. The van der Waals surface area contributed by atoms with E-state index in [0.717, 1.165) is 53.6 Å². The number of alkyl carbamates (subject to hydrolysis) is 1. The molecule has 2 saturated carbocycles. The van der Waals surface area contributed by atoms with Gasteiger partial charge in [0.05, 0.1) is 24.3 Å². The molecule has 1 N–H and O–H groups in total. The lowest BCUT2D eigenvalue weighted by Gasteiger charge is -2.39. The van der Waals surface area contributed by atoms with E-state index in [1.54, 1.807) is 29.8 Å². The second kappa shape index (κ2) is 12.5. The number of halogens is 1. The lowest BCUT2D eigenvalue weighted by atomic mass is 9.88. The molecular weight excluding hydrogens is 592 g/mol. The zero-order valence-corrected chi connectivity index (χ0v) is 27.1. The van der Waals surface area contributed by atoms with Crippen molar-refractivity contribution in [1.29, 1.82) is 0 Å². The molecule has 10 nitrogen and oxygen atoms in total. The molecule has 45 heavy (non-hydrogen) atoms. The maximum atomic E-state index is 13.3. The quantitative estimate of drug-likeness (QED) is 0.291. The highest BCUT2D eigenvalue weighted by molar-refractivity contribution is 6.30. The molecule has 3 aromatic rings. The van der Waals surface area contributed by atoms with Gasteiger partial charge in [0.15, 0.2) is 0 Å². The highest BCUT2D eigenvalue weighted by Crippen LogP contribution is 2.42. The third-order valence-corrected chi connectivity index (χ3v) is 9.44. The normalized spacial score (nSPS) is 20.2. The van der Waals surface area contributed by atoms with Crippen LogP contribution in [-0.4, -0.2) is 73.9 Å². The SMILES string of the molecule is C[C@H](c1ccc(Cl)cc1/C(=C\c1cccnc1)[C@@H](NC(=O)OC1(C)CC1)c1cncn1C)N1CCN(C(=O)OC2(C)CC2)CC1. The topological polar surface area (TPSA) is 102 Å². The van der Waals surface area contributed by atoms with Crippen molar-refractivity contribution in [2.45, 2.75) is 69.7 Å². The molecule has 2 aromatic heterocycles. The maximum Gasteiger partial charge on any atom is 0.410 e. The first kappa shape index (κ1) is 31.1. The van der Waals surface area contributed by atoms with Crippen molar-refractivity contribution in [2.75, 3.05) is 26.2 Å². The molecule has 2 atom stereocenters. The van der Waals surface area contributed by atoms with E-state index in [9.17, 15) is 9.59 Å². The fourth-order valence-electron chi connectivity index (χ4n) is 5.75. The van der Waals surface area contributed by atoms with Crippen LogP contribution in [0.1, 0.15) is 80.9 Å². The molecule has 1 aromatic carbocycles. The van der Waals surface area contributed by atoms with Crippen molar-refractivity contribution < 1.29 is 19.1 Å². The average molecular weight is 633 g/mol. The smallest absolute Gasteiger partial charge is 0.410 e. The molecule has 11 heteroatoms. The third kappa shape index (κ3) is 7.34. The predicted octanol–water partition coefficient (Wildman–Crippen LogP) is 6.40. The van der Waals surface area contributed by atoms with Gasteiger partial charge in [-0.1, -0.05) is 23.7 Å². The van der Waals surface area contributed by atoms with Gasteiger partial charge < -0.3 is 24.3 Å². The minimum Gasteiger partial charge on any atom is -0.443 e. The Balaban J connectivity index is 1.34. The number of ether oxygens (including phenoxy) is 2. The van der Waals surface area contributed by atoms with Gasteiger partial charge in [0.1, 0.15) is 11.2 Å². The van der Waals surface area contributed by atoms with Crippen LogP contribution in [0.2, 0.25) is 5.02 Å². The average Bonchev–Trinajstić information content (AvgIpc) is 3.90. The number of carbonyl (C=O) groups is 2. The van der Waals surface area contributed by atoms with Gasteiger partial charge in [-0.25, -0.2) is 14.6 Å². The van der Waals surface area contributed by atoms with Gasteiger partial charge in [-0.15, -0.1) is 0 Å². The summed E-state index contributed by atoms with van der Waals surface area (Å²) in [6, 6.07) is 9.15. The van der Waals surface area contributed by atoms with Gasteiger partial charge in [-0.05, 0) is 93.0 Å². The number of aryl methyl sites for hydroxylation is 1. The number of amides is 2. The Kier molecular flexibility index (Phi) is 8.63. The molecular formula is C34H41ClN6O4. The first-order valence-corrected chi connectivity index (χ1v) is 16.0. The van der Waals surface area contributed by atoms with Crippen molar-refractivity contribution in [3.05, 3.63) is 82.7 Å². The Morgan fingerprint density at radius 1 is 1.00 bits per heavy atom. The molecule has 0 bridgehead atoms. The number of aromatic nitrogens is 3. The number of nitrogens with one attached hydrogen (secondary N) is 1. The summed E-state index contributed by atoms with van der Waals surface area (Å²) in [5.41, 5.74) is 3.71. The van der Waals surface area contributed by atoms with Gasteiger partial charge in [-0.3, -0.25) is 9.88 Å². The van der Waals surface area contributed by atoms with E-state index in [2.05, 4.69) is 33.2 Å². The minimum atomic E-state index is -0.604. The van der Waals surface area contributed by atoms with E-state index in [1.807, 2.05) is 55.8 Å². The van der Waals surface area contributed by atoms with Crippen LogP contribution in [0.3, 0.4) is 0 Å². The molecule has 1 aliphatic heterocycles. The summed E-state index contributed by atoms with van der Waals surface area (Å²) >= 11 is 6.69. The van der Waals surface area contributed by atoms with Gasteiger partial charge in [0, 0.05) is 56.7 Å². The van der Waals surface area contributed by atoms with E-state index in [0.29, 0.717) is 31.2 Å². The summed E-state index contributed by atoms with van der Waals surface area (Å²) in [6.07, 6.45) is 11.9. The van der Waals surface area contributed by atoms with Crippen molar-refractivity contribution in [1.82, 2.24) is 29.7 Å². The van der Waals surface area contributed by atoms with Gasteiger partial charge in [0.2, 0.25) is 0 Å². The number of pyridine rings is 1. The van der Waals surface area contributed by atoms with Crippen LogP contribution in [0.25, 0.3) is 11.6 Å². The first-order valence-electron chi connectivity index (χ1n) is 15.6. The summed E-state index contributed by atoms with van der Waals surface area (Å²) in [5.74, 6) is 0. The molecule has 0 unspecified atom stereocenters. The summed E-state index contributed by atoms with van der Waals surface area (Å²) in [5, 5.41) is 3.74. The Bertz CT molecular complexity index is 1570. The van der Waals surface area contributed by atoms with E-state index in [-0.39, 0.29) is 17.7 Å². The molecule has 2 amide bonds. The Labute approximate surface area is 269 Å². The van der Waals surface area contributed by atoms with Gasteiger partial charge in [0.25, 0.3) is 0 Å². The summed E-state index contributed by atoms with van der Waals surface area (Å²) in [6.45, 7) is 8.68. The fraction of sp³-hybridized carbons (Fsp3) is 0.471. The lowest BCUT2D eigenvalue weighted by molar-refractivity contribution is 0.0367. The highest BCUT2D eigenvalue weighted by Gasteiger charge is 2.44. The van der Waals surface area contributed by atoms with E-state index in [1.165, 1.54) is 0 Å². The van der Waals surface area contributed by atoms with Crippen LogP contribution >= 0.6 is 11.6 Å². The summed E-state index contributed by atoms with van der Waals surface area (Å²) < 4.78 is 13.4. The van der Waals surface area contributed by atoms with Crippen LogP contribution in [0.4, 0.5) is 9.59 Å². The fourth-order valence-corrected chi connectivity index (χ4v) is 5.92. The van der Waals surface area contributed by atoms with Crippen LogP contribution in [0, 0.1) is 0 Å². The molecule has 238 valence electrons.